The summed E-state index contributed by atoms with van der Waals surface area (Å²) in [5.74, 6) is 0.768. The normalized spacial score (nSPS) is 13.9. The van der Waals surface area contributed by atoms with Gasteiger partial charge in [-0.1, -0.05) is 39.8 Å². The van der Waals surface area contributed by atoms with E-state index in [4.69, 9.17) is 4.74 Å². The molecule has 1 aromatic heterocycles. The van der Waals surface area contributed by atoms with Crippen molar-refractivity contribution >= 4 is 45.0 Å². The van der Waals surface area contributed by atoms with E-state index in [-0.39, 0.29) is 17.4 Å². The van der Waals surface area contributed by atoms with Crippen LogP contribution in [0.3, 0.4) is 0 Å². The third-order valence-corrected chi connectivity index (χ3v) is 6.55. The Bertz CT molecular complexity index is 1100. The number of nitrogens with zero attached hydrogens (tertiary/aromatic N) is 4. The number of aromatic nitrogens is 3. The molecule has 3 aromatic rings. The number of benzene rings is 2. The number of hydrogen-bond acceptors (Lipinski definition) is 7. The zero-order valence-corrected chi connectivity index (χ0v) is 20.0. The van der Waals surface area contributed by atoms with Crippen molar-refractivity contribution in [3.05, 3.63) is 46.9 Å². The van der Waals surface area contributed by atoms with Crippen LogP contribution < -0.4 is 10.2 Å². The van der Waals surface area contributed by atoms with Gasteiger partial charge in [0.15, 0.2) is 11.0 Å². The molecule has 0 spiro atoms. The molecule has 1 aliphatic rings. The van der Waals surface area contributed by atoms with Crippen molar-refractivity contribution in [2.75, 3.05) is 42.3 Å². The number of thioether (sulfide) groups is 1. The van der Waals surface area contributed by atoms with Crippen LogP contribution in [0.4, 0.5) is 11.4 Å². The smallest absolute Gasteiger partial charge is 0.234 e. The van der Waals surface area contributed by atoms with Crippen molar-refractivity contribution in [1.29, 1.82) is 0 Å². The first-order valence-electron chi connectivity index (χ1n) is 10.3. The largest absolute Gasteiger partial charge is 0.507 e. The molecule has 0 unspecified atom stereocenters. The molecule has 1 aliphatic heterocycles. The average molecular weight is 518 g/mol. The highest BCUT2D eigenvalue weighted by Gasteiger charge is 2.19. The molecule has 1 saturated heterocycles. The highest BCUT2D eigenvalue weighted by Crippen LogP contribution is 2.33. The number of aromatic hydroxyl groups is 1. The van der Waals surface area contributed by atoms with Crippen LogP contribution >= 0.6 is 27.7 Å². The number of anilines is 2. The molecule has 0 radical (unpaired) electrons. The maximum Gasteiger partial charge on any atom is 0.234 e. The van der Waals surface area contributed by atoms with E-state index >= 15 is 0 Å². The van der Waals surface area contributed by atoms with Crippen molar-refractivity contribution in [2.45, 2.75) is 18.6 Å². The quantitative estimate of drug-likeness (QED) is 0.457. The van der Waals surface area contributed by atoms with E-state index in [1.54, 1.807) is 18.2 Å². The lowest BCUT2D eigenvalue weighted by atomic mass is 10.2. The minimum atomic E-state index is -0.117. The summed E-state index contributed by atoms with van der Waals surface area (Å²) in [4.78, 5) is 14.9. The Kier molecular flexibility index (Phi) is 7.33. The summed E-state index contributed by atoms with van der Waals surface area (Å²) in [7, 11) is 0. The van der Waals surface area contributed by atoms with E-state index in [0.29, 0.717) is 36.3 Å². The Morgan fingerprint density at radius 2 is 2.00 bits per heavy atom. The fourth-order valence-corrected chi connectivity index (χ4v) is 4.71. The van der Waals surface area contributed by atoms with Gasteiger partial charge in [0.05, 0.1) is 35.9 Å². The number of rotatable bonds is 7. The number of carbonyl (C=O) groups is 1. The average Bonchev–Trinajstić information content (AvgIpc) is 3.23. The molecule has 0 bridgehead atoms. The number of phenols is 1. The molecule has 2 heterocycles. The third kappa shape index (κ3) is 5.08. The summed E-state index contributed by atoms with van der Waals surface area (Å²) in [5, 5.41) is 22.4. The Morgan fingerprint density at radius 1 is 1.22 bits per heavy atom. The minimum absolute atomic E-state index is 0.117. The molecule has 2 aromatic carbocycles. The number of nitrogens with one attached hydrogen (secondary N) is 1. The molecular weight excluding hydrogens is 494 g/mol. The van der Waals surface area contributed by atoms with Crippen LogP contribution in [0, 0.1) is 0 Å². The van der Waals surface area contributed by atoms with Crippen LogP contribution in [-0.4, -0.2) is 57.8 Å². The zero-order valence-electron chi connectivity index (χ0n) is 17.6. The summed E-state index contributed by atoms with van der Waals surface area (Å²) >= 11 is 4.74. The third-order valence-electron chi connectivity index (χ3n) is 5.09. The number of amides is 1. The monoisotopic (exact) mass is 517 g/mol. The summed E-state index contributed by atoms with van der Waals surface area (Å²) in [5.41, 5.74) is 2.37. The molecule has 1 amide bonds. The zero-order chi connectivity index (χ0) is 22.5. The fourth-order valence-electron chi connectivity index (χ4n) is 3.54. The molecule has 10 heteroatoms. The van der Waals surface area contributed by atoms with Crippen LogP contribution in [0.5, 0.6) is 5.75 Å². The SMILES string of the molecule is CCn1c(SCC(=O)Nc2ccccc2N2CCOCC2)nnc1-c1cc(Br)ccc1O. The molecule has 0 saturated carbocycles. The Labute approximate surface area is 199 Å². The number of hydrogen-bond donors (Lipinski definition) is 2. The minimum Gasteiger partial charge on any atom is -0.507 e. The Morgan fingerprint density at radius 3 is 2.78 bits per heavy atom. The molecule has 168 valence electrons. The number of phenolic OH excluding ortho intramolecular Hbond substituents is 1. The first kappa shape index (κ1) is 22.6. The number of ether oxygens (including phenoxy) is 1. The van der Waals surface area contributed by atoms with Gasteiger partial charge in [-0.2, -0.15) is 0 Å². The maximum absolute atomic E-state index is 12.7. The van der Waals surface area contributed by atoms with Crippen LogP contribution in [0.25, 0.3) is 11.4 Å². The molecule has 8 nitrogen and oxygen atoms in total. The molecular formula is C22H24BrN5O3S. The van der Waals surface area contributed by atoms with Gasteiger partial charge >= 0.3 is 0 Å². The van der Waals surface area contributed by atoms with Gasteiger partial charge in [-0.3, -0.25) is 4.79 Å². The summed E-state index contributed by atoms with van der Waals surface area (Å²) in [6.07, 6.45) is 0. The number of halogens is 1. The molecule has 32 heavy (non-hydrogen) atoms. The molecule has 4 rings (SSSR count). The highest BCUT2D eigenvalue weighted by molar-refractivity contribution is 9.10. The summed E-state index contributed by atoms with van der Waals surface area (Å²) in [6, 6.07) is 13.0. The molecule has 0 atom stereocenters. The number of carbonyl (C=O) groups excluding carboxylic acids is 1. The van der Waals surface area contributed by atoms with E-state index in [0.717, 1.165) is 28.9 Å². The molecule has 0 aliphatic carbocycles. The van der Waals surface area contributed by atoms with Crippen molar-refractivity contribution in [2.24, 2.45) is 0 Å². The second kappa shape index (κ2) is 10.4. The summed E-state index contributed by atoms with van der Waals surface area (Å²) in [6.45, 7) is 5.54. The highest BCUT2D eigenvalue weighted by atomic mass is 79.9. The topological polar surface area (TPSA) is 92.5 Å². The van der Waals surface area contributed by atoms with E-state index in [1.807, 2.05) is 35.8 Å². The Hall–Kier alpha value is -2.56. The lowest BCUT2D eigenvalue weighted by Gasteiger charge is -2.30. The van der Waals surface area contributed by atoms with Gasteiger partial charge in [-0.25, -0.2) is 0 Å². The number of morpholine rings is 1. The van der Waals surface area contributed by atoms with E-state index < -0.39 is 0 Å². The van der Waals surface area contributed by atoms with Crippen LogP contribution in [0.15, 0.2) is 52.1 Å². The van der Waals surface area contributed by atoms with E-state index in [2.05, 4.69) is 36.3 Å². The fraction of sp³-hybridized carbons (Fsp3) is 0.318. The second-order valence-electron chi connectivity index (χ2n) is 7.17. The van der Waals surface area contributed by atoms with Crippen molar-refractivity contribution in [1.82, 2.24) is 14.8 Å². The maximum atomic E-state index is 12.7. The van der Waals surface area contributed by atoms with Crippen molar-refractivity contribution in [3.8, 4) is 17.1 Å². The first-order chi connectivity index (χ1) is 15.6. The van der Waals surface area contributed by atoms with Gasteiger partial charge in [0.25, 0.3) is 0 Å². The van der Waals surface area contributed by atoms with Gasteiger partial charge in [0, 0.05) is 24.1 Å². The van der Waals surface area contributed by atoms with E-state index in [1.165, 1.54) is 11.8 Å². The van der Waals surface area contributed by atoms with Gasteiger partial charge < -0.3 is 24.6 Å². The van der Waals surface area contributed by atoms with Crippen LogP contribution in [0.1, 0.15) is 6.92 Å². The van der Waals surface area contributed by atoms with Crippen LogP contribution in [-0.2, 0) is 16.1 Å². The predicted octanol–water partition coefficient (Wildman–Crippen LogP) is 4.00. The molecule has 2 N–H and O–H groups in total. The van der Waals surface area contributed by atoms with E-state index in [9.17, 15) is 9.90 Å². The predicted molar refractivity (Wildman–Crippen MR) is 129 cm³/mol. The van der Waals surface area contributed by atoms with Crippen molar-refractivity contribution < 1.29 is 14.6 Å². The first-order valence-corrected chi connectivity index (χ1v) is 12.1. The number of para-hydroxylation sites is 2. The lowest BCUT2D eigenvalue weighted by molar-refractivity contribution is -0.113. The second-order valence-corrected chi connectivity index (χ2v) is 9.02. The Balaban J connectivity index is 1.45. The molecule has 1 fully saturated rings. The van der Waals surface area contributed by atoms with Crippen LogP contribution in [0.2, 0.25) is 0 Å². The van der Waals surface area contributed by atoms with Gasteiger partial charge in [-0.05, 0) is 37.3 Å². The van der Waals surface area contributed by atoms with Gasteiger partial charge in [0.1, 0.15) is 5.75 Å². The standard InChI is InChI=1S/C22H24BrN5O3S/c1-2-28-21(16-13-15(23)7-8-19(16)29)25-26-22(28)32-14-20(30)24-17-5-3-4-6-18(17)27-9-11-31-12-10-27/h3-8,13,29H,2,9-12,14H2,1H3,(H,24,30). The van der Waals surface area contributed by atoms with Gasteiger partial charge in [-0.15, -0.1) is 10.2 Å². The summed E-state index contributed by atoms with van der Waals surface area (Å²) < 4.78 is 8.16. The van der Waals surface area contributed by atoms with Gasteiger partial charge in [0.2, 0.25) is 5.91 Å². The van der Waals surface area contributed by atoms with Crippen molar-refractivity contribution in [3.63, 3.8) is 0 Å². The lowest BCUT2D eigenvalue weighted by Crippen LogP contribution is -2.36.